The van der Waals surface area contributed by atoms with Gasteiger partial charge in [-0.3, -0.25) is 0 Å². The van der Waals surface area contributed by atoms with E-state index in [9.17, 15) is 0 Å². The molecule has 0 aliphatic carbocycles. The van der Waals surface area contributed by atoms with Crippen LogP contribution in [-0.2, 0) is 0 Å². The number of hydrogen-bond donors (Lipinski definition) is 0. The van der Waals surface area contributed by atoms with Crippen molar-refractivity contribution in [2.75, 3.05) is 4.90 Å². The second-order valence-corrected chi connectivity index (χ2v) is 18.5. The Balaban J connectivity index is 1.26. The van der Waals surface area contributed by atoms with Gasteiger partial charge in [0.1, 0.15) is 0 Å². The van der Waals surface area contributed by atoms with Gasteiger partial charge >= 0.3 is 0 Å². The normalized spacial score (nSPS) is 13.1. The summed E-state index contributed by atoms with van der Waals surface area (Å²) in [6, 6.07) is 83.4. The first-order valence-corrected chi connectivity index (χ1v) is 21.4. The van der Waals surface area contributed by atoms with E-state index >= 15 is 0 Å². The number of nitrogens with zero attached hydrogens (tertiary/aromatic N) is 1. The summed E-state index contributed by atoms with van der Waals surface area (Å²) >= 11 is 0. The SMILES string of the molecule is c1ccc(-c2ccccc2-c2ccc3c(c2)[Si]2(c4ccccc4-c4ccccc42)c2cc(-c4ccccc4-c4ccccc4)ccc2N3c2ccccc2)cc1. The second kappa shape index (κ2) is 13.1. The summed E-state index contributed by atoms with van der Waals surface area (Å²) in [5.41, 5.74) is 16.3. The van der Waals surface area contributed by atoms with Crippen LogP contribution in [0, 0.1) is 0 Å². The lowest BCUT2D eigenvalue weighted by Crippen LogP contribution is -2.75. The fourth-order valence-electron chi connectivity index (χ4n) is 9.55. The van der Waals surface area contributed by atoms with Gasteiger partial charge in [0.15, 0.2) is 8.07 Å². The van der Waals surface area contributed by atoms with Crippen molar-refractivity contribution in [2.24, 2.45) is 0 Å². The molecule has 262 valence electrons. The Bertz CT molecular complexity index is 2730. The third-order valence-electron chi connectivity index (χ3n) is 11.9. The molecule has 56 heavy (non-hydrogen) atoms. The number of hydrogen-bond acceptors (Lipinski definition) is 1. The minimum atomic E-state index is -2.94. The van der Waals surface area contributed by atoms with Crippen LogP contribution in [0.2, 0.25) is 0 Å². The highest BCUT2D eigenvalue weighted by molar-refractivity contribution is 7.23. The van der Waals surface area contributed by atoms with Gasteiger partial charge in [-0.15, -0.1) is 0 Å². The van der Waals surface area contributed by atoms with Crippen molar-refractivity contribution in [3.05, 3.63) is 224 Å². The van der Waals surface area contributed by atoms with Gasteiger partial charge in [0.2, 0.25) is 0 Å². The summed E-state index contributed by atoms with van der Waals surface area (Å²) in [5, 5.41) is 5.75. The van der Waals surface area contributed by atoms with Gasteiger partial charge in [-0.2, -0.15) is 0 Å². The van der Waals surface area contributed by atoms with Crippen LogP contribution in [0.5, 0.6) is 0 Å². The molecular weight excluding hydrogens is 691 g/mol. The number of rotatable bonds is 5. The maximum Gasteiger partial charge on any atom is 0.185 e. The molecule has 0 fully saturated rings. The fraction of sp³-hybridized carbons (Fsp3) is 0. The van der Waals surface area contributed by atoms with Crippen LogP contribution in [0.3, 0.4) is 0 Å². The molecule has 0 amide bonds. The van der Waals surface area contributed by atoms with Gasteiger partial charge < -0.3 is 4.90 Å². The van der Waals surface area contributed by atoms with Crippen LogP contribution in [0.1, 0.15) is 0 Å². The molecule has 0 N–H and O–H groups in total. The van der Waals surface area contributed by atoms with Crippen molar-refractivity contribution >= 4 is 45.9 Å². The third-order valence-corrected chi connectivity index (χ3v) is 16.8. The largest absolute Gasteiger partial charge is 0.311 e. The molecule has 1 spiro atoms. The predicted octanol–water partition coefficient (Wildman–Crippen LogP) is 11.5. The van der Waals surface area contributed by atoms with Crippen molar-refractivity contribution in [3.63, 3.8) is 0 Å². The van der Waals surface area contributed by atoms with E-state index in [4.69, 9.17) is 0 Å². The zero-order valence-electron chi connectivity index (χ0n) is 30.8. The monoisotopic (exact) mass is 727 g/mol. The minimum Gasteiger partial charge on any atom is -0.311 e. The first-order chi connectivity index (χ1) is 27.8. The van der Waals surface area contributed by atoms with Crippen LogP contribution in [0.4, 0.5) is 17.1 Å². The summed E-state index contributed by atoms with van der Waals surface area (Å²) in [4.78, 5) is 2.52. The Morgan fingerprint density at radius 3 is 1.02 bits per heavy atom. The van der Waals surface area contributed by atoms with Gasteiger partial charge in [-0.25, -0.2) is 0 Å². The predicted molar refractivity (Wildman–Crippen MR) is 239 cm³/mol. The fourth-order valence-corrected chi connectivity index (χ4v) is 15.1. The maximum absolute atomic E-state index is 2.94. The Kier molecular flexibility index (Phi) is 7.58. The number of anilines is 3. The molecule has 2 aliphatic heterocycles. The average Bonchev–Trinajstić information content (AvgIpc) is 3.58. The molecule has 2 heterocycles. The van der Waals surface area contributed by atoms with Crippen molar-refractivity contribution < 1.29 is 0 Å². The van der Waals surface area contributed by atoms with E-state index in [2.05, 4.69) is 229 Å². The zero-order valence-corrected chi connectivity index (χ0v) is 31.8. The quantitative estimate of drug-likeness (QED) is 0.160. The Hall–Kier alpha value is -7.00. The van der Waals surface area contributed by atoms with Crippen molar-refractivity contribution in [3.8, 4) is 55.6 Å². The molecule has 0 aromatic heterocycles. The summed E-state index contributed by atoms with van der Waals surface area (Å²) in [6.45, 7) is 0. The van der Waals surface area contributed by atoms with E-state index in [1.807, 2.05) is 0 Å². The highest BCUT2D eigenvalue weighted by atomic mass is 28.3. The van der Waals surface area contributed by atoms with Gasteiger partial charge in [-0.1, -0.05) is 200 Å². The molecule has 0 bridgehead atoms. The molecule has 11 rings (SSSR count). The molecule has 2 aliphatic rings. The Morgan fingerprint density at radius 2 is 0.589 bits per heavy atom. The highest BCUT2D eigenvalue weighted by Crippen LogP contribution is 2.44. The zero-order chi connectivity index (χ0) is 37.1. The molecule has 1 nitrogen and oxygen atoms in total. The summed E-state index contributed by atoms with van der Waals surface area (Å²) in [5.74, 6) is 0. The van der Waals surface area contributed by atoms with Crippen molar-refractivity contribution in [1.82, 2.24) is 0 Å². The van der Waals surface area contributed by atoms with Crippen molar-refractivity contribution in [1.29, 1.82) is 0 Å². The first kappa shape index (κ1) is 32.4. The summed E-state index contributed by atoms with van der Waals surface area (Å²) < 4.78 is 0. The Morgan fingerprint density at radius 1 is 0.250 bits per heavy atom. The van der Waals surface area contributed by atoms with Crippen LogP contribution >= 0.6 is 0 Å². The third kappa shape index (κ3) is 4.86. The second-order valence-electron chi connectivity index (χ2n) is 14.8. The van der Waals surface area contributed by atoms with E-state index in [-0.39, 0.29) is 0 Å². The maximum atomic E-state index is 2.56. The van der Waals surface area contributed by atoms with Gasteiger partial charge in [-0.05, 0) is 101 Å². The molecule has 0 saturated carbocycles. The summed E-state index contributed by atoms with van der Waals surface area (Å²) in [7, 11) is -2.94. The van der Waals surface area contributed by atoms with E-state index in [0.717, 1.165) is 5.69 Å². The van der Waals surface area contributed by atoms with Crippen LogP contribution in [0.15, 0.2) is 224 Å². The van der Waals surface area contributed by atoms with E-state index < -0.39 is 8.07 Å². The Labute approximate surface area is 329 Å². The van der Waals surface area contributed by atoms with Crippen LogP contribution < -0.4 is 25.6 Å². The standard InChI is InChI=1S/C54H37NSi/c1-4-18-38(19-5-1)43-24-10-12-26-45(43)40-32-34-49-53(36-40)56(51-30-16-14-28-47(51)48-29-15-17-31-52(48)56)54-37-41(33-35-50(54)55(49)42-22-8-3-9-23-42)46-27-13-11-25-44(46)39-20-6-2-7-21-39/h1-37H. The lowest BCUT2D eigenvalue weighted by Gasteiger charge is -2.44. The van der Waals surface area contributed by atoms with Crippen LogP contribution in [0.25, 0.3) is 55.6 Å². The first-order valence-electron chi connectivity index (χ1n) is 19.4. The molecular formula is C54H37NSi. The van der Waals surface area contributed by atoms with Crippen LogP contribution in [-0.4, -0.2) is 8.07 Å². The summed E-state index contributed by atoms with van der Waals surface area (Å²) in [6.07, 6.45) is 0. The molecule has 2 heteroatoms. The minimum absolute atomic E-state index is 1.16. The van der Waals surface area contributed by atoms with Gasteiger partial charge in [0.05, 0.1) is 0 Å². The van der Waals surface area contributed by atoms with E-state index in [0.29, 0.717) is 0 Å². The van der Waals surface area contributed by atoms with Gasteiger partial charge in [0.25, 0.3) is 0 Å². The molecule has 9 aromatic carbocycles. The smallest absolute Gasteiger partial charge is 0.185 e. The topological polar surface area (TPSA) is 3.24 Å². The molecule has 0 atom stereocenters. The number of para-hydroxylation sites is 1. The lowest BCUT2D eigenvalue weighted by atomic mass is 9.94. The number of fused-ring (bicyclic) bond motifs is 9. The highest BCUT2D eigenvalue weighted by Gasteiger charge is 2.54. The van der Waals surface area contributed by atoms with Crippen molar-refractivity contribution in [2.45, 2.75) is 0 Å². The van der Waals surface area contributed by atoms with Gasteiger partial charge in [0, 0.05) is 17.1 Å². The van der Waals surface area contributed by atoms with E-state index in [1.165, 1.54) is 87.8 Å². The molecule has 0 radical (unpaired) electrons. The molecule has 0 saturated heterocycles. The lowest BCUT2D eigenvalue weighted by molar-refractivity contribution is 1.29. The molecule has 0 unspecified atom stereocenters. The number of benzene rings is 9. The van der Waals surface area contributed by atoms with E-state index in [1.54, 1.807) is 0 Å². The molecule has 9 aromatic rings. The average molecular weight is 728 g/mol.